The van der Waals surface area contributed by atoms with Crippen molar-refractivity contribution >= 4 is 17.9 Å². The van der Waals surface area contributed by atoms with E-state index in [1.165, 1.54) is 0 Å². The number of nitrogens with zero attached hydrogens (tertiary/aromatic N) is 1. The zero-order valence-corrected chi connectivity index (χ0v) is 15.8. The highest BCUT2D eigenvalue weighted by Crippen LogP contribution is 2.38. The Balaban J connectivity index is 1.74. The van der Waals surface area contributed by atoms with Crippen molar-refractivity contribution in [2.24, 2.45) is 5.92 Å². The van der Waals surface area contributed by atoms with E-state index < -0.39 is 17.5 Å². The van der Waals surface area contributed by atoms with Crippen LogP contribution in [0, 0.1) is 26.7 Å². The lowest BCUT2D eigenvalue weighted by atomic mass is 9.73. The number of carbonyl (C=O) groups excluding carboxylic acids is 3. The number of amides is 3. The van der Waals surface area contributed by atoms with E-state index in [1.807, 2.05) is 39.8 Å². The number of ether oxygens (including phenoxy) is 1. The number of benzene rings is 1. The Morgan fingerprint density at radius 1 is 1.23 bits per heavy atom. The number of urea groups is 1. The molecule has 6 heteroatoms. The molecule has 1 aromatic carbocycles. The Morgan fingerprint density at radius 3 is 2.50 bits per heavy atom. The van der Waals surface area contributed by atoms with Crippen molar-refractivity contribution in [3.05, 3.63) is 28.8 Å². The van der Waals surface area contributed by atoms with Crippen molar-refractivity contribution < 1.29 is 19.1 Å². The van der Waals surface area contributed by atoms with Gasteiger partial charge in [-0.05, 0) is 50.7 Å². The van der Waals surface area contributed by atoms with Crippen molar-refractivity contribution in [3.63, 3.8) is 0 Å². The summed E-state index contributed by atoms with van der Waals surface area (Å²) in [6.07, 6.45) is 3.48. The molecule has 3 amide bonds. The summed E-state index contributed by atoms with van der Waals surface area (Å²) in [5.74, 6) is -0.350. The molecule has 1 aromatic rings. The number of esters is 1. The molecule has 2 fully saturated rings. The largest absolute Gasteiger partial charge is 0.425 e. The molecule has 1 aliphatic carbocycles. The Labute approximate surface area is 153 Å². The standard InChI is InChI=1S/C20H26N2O4/c1-12-9-13(2)17(14(3)10-12)26-16(23)11-22-18(24)20(21-19(22)25)8-6-5-7-15(20)4/h9-10,15H,5-8,11H2,1-4H3,(H,21,25). The maximum absolute atomic E-state index is 12.9. The topological polar surface area (TPSA) is 75.7 Å². The molecular formula is C20H26N2O4. The van der Waals surface area contributed by atoms with Crippen LogP contribution in [0.5, 0.6) is 5.75 Å². The van der Waals surface area contributed by atoms with Crippen LogP contribution in [0.3, 0.4) is 0 Å². The van der Waals surface area contributed by atoms with Gasteiger partial charge in [0, 0.05) is 0 Å². The van der Waals surface area contributed by atoms with Crippen LogP contribution in [0.4, 0.5) is 4.79 Å². The quantitative estimate of drug-likeness (QED) is 0.512. The van der Waals surface area contributed by atoms with E-state index in [0.717, 1.165) is 40.9 Å². The maximum Gasteiger partial charge on any atom is 0.331 e. The monoisotopic (exact) mass is 358 g/mol. The highest BCUT2D eigenvalue weighted by Gasteiger charge is 2.55. The smallest absolute Gasteiger partial charge is 0.331 e. The van der Waals surface area contributed by atoms with Crippen LogP contribution in [0.1, 0.15) is 49.3 Å². The maximum atomic E-state index is 12.9. The SMILES string of the molecule is Cc1cc(C)c(OC(=O)CN2C(=O)NC3(CCCCC3C)C2=O)c(C)c1. The van der Waals surface area contributed by atoms with Crippen molar-refractivity contribution in [3.8, 4) is 5.75 Å². The number of imide groups is 1. The minimum absolute atomic E-state index is 0.0651. The van der Waals surface area contributed by atoms with Gasteiger partial charge >= 0.3 is 12.0 Å². The number of hydrogen-bond donors (Lipinski definition) is 1. The third-order valence-electron chi connectivity index (χ3n) is 5.61. The van der Waals surface area contributed by atoms with Crippen LogP contribution >= 0.6 is 0 Å². The molecule has 0 radical (unpaired) electrons. The van der Waals surface area contributed by atoms with Crippen molar-refractivity contribution in [2.75, 3.05) is 6.54 Å². The van der Waals surface area contributed by atoms with E-state index in [9.17, 15) is 14.4 Å². The molecule has 6 nitrogen and oxygen atoms in total. The summed E-state index contributed by atoms with van der Waals surface area (Å²) in [7, 11) is 0. The molecule has 0 bridgehead atoms. The molecule has 1 saturated heterocycles. The van der Waals surface area contributed by atoms with Gasteiger partial charge in [0.1, 0.15) is 17.8 Å². The number of carbonyl (C=O) groups is 3. The van der Waals surface area contributed by atoms with Crippen LogP contribution in [0.25, 0.3) is 0 Å². The lowest BCUT2D eigenvalue weighted by Gasteiger charge is -2.36. The minimum atomic E-state index is -0.856. The molecule has 3 rings (SSSR count). The summed E-state index contributed by atoms with van der Waals surface area (Å²) in [4.78, 5) is 38.7. The Kier molecular flexibility index (Phi) is 4.78. The predicted molar refractivity (Wildman–Crippen MR) is 96.9 cm³/mol. The average Bonchev–Trinajstić information content (AvgIpc) is 2.79. The summed E-state index contributed by atoms with van der Waals surface area (Å²) < 4.78 is 5.48. The van der Waals surface area contributed by atoms with E-state index in [0.29, 0.717) is 12.2 Å². The molecule has 1 heterocycles. The van der Waals surface area contributed by atoms with E-state index in [1.54, 1.807) is 0 Å². The van der Waals surface area contributed by atoms with Crippen LogP contribution in [-0.2, 0) is 9.59 Å². The van der Waals surface area contributed by atoms with Gasteiger partial charge in [0.25, 0.3) is 5.91 Å². The van der Waals surface area contributed by atoms with Crippen LogP contribution < -0.4 is 10.1 Å². The third kappa shape index (κ3) is 3.08. The normalized spacial score (nSPS) is 25.5. The van der Waals surface area contributed by atoms with Crippen molar-refractivity contribution in [1.29, 1.82) is 0 Å². The van der Waals surface area contributed by atoms with Gasteiger partial charge in [0.15, 0.2) is 0 Å². The molecular weight excluding hydrogens is 332 g/mol. The fraction of sp³-hybridized carbons (Fsp3) is 0.550. The highest BCUT2D eigenvalue weighted by atomic mass is 16.5. The van der Waals surface area contributed by atoms with Crippen LogP contribution in [0.15, 0.2) is 12.1 Å². The van der Waals surface area contributed by atoms with Gasteiger partial charge in [-0.25, -0.2) is 9.59 Å². The number of hydrogen-bond acceptors (Lipinski definition) is 4. The van der Waals surface area contributed by atoms with Gasteiger partial charge in [0.2, 0.25) is 0 Å². The first-order valence-corrected chi connectivity index (χ1v) is 9.17. The number of nitrogens with one attached hydrogen (secondary N) is 1. The lowest BCUT2D eigenvalue weighted by molar-refractivity contribution is -0.142. The second kappa shape index (κ2) is 6.74. The zero-order valence-electron chi connectivity index (χ0n) is 15.8. The van der Waals surface area contributed by atoms with Gasteiger partial charge in [-0.3, -0.25) is 9.69 Å². The Hall–Kier alpha value is -2.37. The van der Waals surface area contributed by atoms with Crippen molar-refractivity contribution in [1.82, 2.24) is 10.2 Å². The number of rotatable bonds is 3. The van der Waals surface area contributed by atoms with E-state index in [2.05, 4.69) is 5.32 Å². The van der Waals surface area contributed by atoms with Gasteiger partial charge in [-0.2, -0.15) is 0 Å². The fourth-order valence-electron chi connectivity index (χ4n) is 4.24. The Bertz CT molecular complexity index is 750. The molecule has 2 unspecified atom stereocenters. The summed E-state index contributed by atoms with van der Waals surface area (Å²) in [6, 6.07) is 3.36. The summed E-state index contributed by atoms with van der Waals surface area (Å²) in [5.41, 5.74) is 1.93. The lowest BCUT2D eigenvalue weighted by Crippen LogP contribution is -2.54. The minimum Gasteiger partial charge on any atom is -0.425 e. The summed E-state index contributed by atoms with van der Waals surface area (Å²) in [6.45, 7) is 7.33. The van der Waals surface area contributed by atoms with E-state index >= 15 is 0 Å². The highest BCUT2D eigenvalue weighted by molar-refractivity contribution is 6.09. The van der Waals surface area contributed by atoms with Crippen LogP contribution in [0.2, 0.25) is 0 Å². The average molecular weight is 358 g/mol. The molecule has 2 aliphatic rings. The van der Waals surface area contributed by atoms with Gasteiger partial charge < -0.3 is 10.1 Å². The molecule has 0 aromatic heterocycles. The molecule has 1 saturated carbocycles. The van der Waals surface area contributed by atoms with Gasteiger partial charge in [-0.1, -0.05) is 37.5 Å². The first-order chi connectivity index (χ1) is 12.2. The zero-order chi connectivity index (χ0) is 19.1. The molecule has 1 N–H and O–H groups in total. The van der Waals surface area contributed by atoms with E-state index in [4.69, 9.17) is 4.74 Å². The number of aryl methyl sites for hydroxylation is 3. The molecule has 26 heavy (non-hydrogen) atoms. The fourth-order valence-corrected chi connectivity index (χ4v) is 4.24. The molecule has 1 spiro atoms. The second-order valence-corrected chi connectivity index (χ2v) is 7.64. The van der Waals surface area contributed by atoms with Crippen molar-refractivity contribution in [2.45, 2.75) is 58.9 Å². The third-order valence-corrected chi connectivity index (χ3v) is 5.61. The summed E-state index contributed by atoms with van der Waals surface area (Å²) >= 11 is 0. The molecule has 140 valence electrons. The molecule has 1 aliphatic heterocycles. The first kappa shape index (κ1) is 18.4. The second-order valence-electron chi connectivity index (χ2n) is 7.64. The first-order valence-electron chi connectivity index (χ1n) is 9.17. The summed E-state index contributed by atoms with van der Waals surface area (Å²) in [5, 5.41) is 2.85. The van der Waals surface area contributed by atoms with Gasteiger partial charge in [-0.15, -0.1) is 0 Å². The van der Waals surface area contributed by atoms with Gasteiger partial charge in [0.05, 0.1) is 0 Å². The van der Waals surface area contributed by atoms with Crippen LogP contribution in [-0.4, -0.2) is 34.9 Å². The Morgan fingerprint density at radius 2 is 1.88 bits per heavy atom. The van der Waals surface area contributed by atoms with E-state index in [-0.39, 0.29) is 18.4 Å². The molecule has 2 atom stereocenters. The predicted octanol–water partition coefficient (Wildman–Crippen LogP) is 3.02.